The molecule has 1 amide bonds. The molecule has 1 unspecified atom stereocenters. The van der Waals surface area contributed by atoms with Gasteiger partial charge in [0.25, 0.3) is 5.91 Å². The normalized spacial score (nSPS) is 16.7. The zero-order chi connectivity index (χ0) is 19.0. The molecule has 1 fully saturated rings. The number of likely N-dealkylation sites (tertiary alicyclic amines) is 1. The second-order valence-electron chi connectivity index (χ2n) is 6.86. The van der Waals surface area contributed by atoms with Crippen LogP contribution < -0.4 is 10.4 Å². The molecule has 0 bridgehead atoms. The highest BCUT2D eigenvalue weighted by atomic mass is 16.5. The van der Waals surface area contributed by atoms with Crippen molar-refractivity contribution < 1.29 is 13.9 Å². The molecule has 3 heterocycles. The van der Waals surface area contributed by atoms with Crippen molar-refractivity contribution in [3.05, 3.63) is 69.9 Å². The summed E-state index contributed by atoms with van der Waals surface area (Å²) in [5.41, 5.74) is 2.19. The Morgan fingerprint density at radius 2 is 2.07 bits per heavy atom. The van der Waals surface area contributed by atoms with E-state index in [4.69, 9.17) is 9.15 Å². The van der Waals surface area contributed by atoms with Crippen LogP contribution in [0.3, 0.4) is 0 Å². The van der Waals surface area contributed by atoms with Crippen molar-refractivity contribution in [2.75, 3.05) is 13.1 Å². The van der Waals surface area contributed by atoms with Gasteiger partial charge in [0, 0.05) is 36.2 Å². The van der Waals surface area contributed by atoms with Crippen LogP contribution in [0.4, 0.5) is 0 Å². The van der Waals surface area contributed by atoms with E-state index in [0.717, 1.165) is 22.9 Å². The summed E-state index contributed by atoms with van der Waals surface area (Å²) in [5.74, 6) is 0.967. The summed E-state index contributed by atoms with van der Waals surface area (Å²) in [7, 11) is 0. The maximum absolute atomic E-state index is 12.9. The first-order chi connectivity index (χ1) is 13.0. The number of hydrogen-bond acceptors (Lipinski definition) is 5. The molecular weight excluding hydrogens is 344 g/mol. The smallest absolute Gasteiger partial charge is 0.339 e. The third-order valence-electron chi connectivity index (χ3n) is 4.81. The van der Waals surface area contributed by atoms with Gasteiger partial charge >= 0.3 is 5.63 Å². The summed E-state index contributed by atoms with van der Waals surface area (Å²) in [4.78, 5) is 30.5. The van der Waals surface area contributed by atoms with E-state index < -0.39 is 5.63 Å². The van der Waals surface area contributed by atoms with Crippen molar-refractivity contribution in [1.82, 2.24) is 9.88 Å². The molecule has 3 aromatic rings. The number of carbonyl (C=O) groups excluding carboxylic acids is 1. The average molecular weight is 364 g/mol. The summed E-state index contributed by atoms with van der Waals surface area (Å²) >= 11 is 0. The topological polar surface area (TPSA) is 72.6 Å². The minimum Gasteiger partial charge on any atom is -0.488 e. The minimum atomic E-state index is -0.434. The number of benzene rings is 1. The van der Waals surface area contributed by atoms with Crippen LogP contribution in [0.5, 0.6) is 5.75 Å². The van der Waals surface area contributed by atoms with Crippen LogP contribution in [-0.2, 0) is 0 Å². The number of carbonyl (C=O) groups is 1. The second-order valence-corrected chi connectivity index (χ2v) is 6.86. The van der Waals surface area contributed by atoms with E-state index in [1.165, 1.54) is 6.07 Å². The lowest BCUT2D eigenvalue weighted by atomic mass is 10.1. The van der Waals surface area contributed by atoms with Gasteiger partial charge in [-0.05, 0) is 43.7 Å². The summed E-state index contributed by atoms with van der Waals surface area (Å²) in [5, 5.41) is 0.988. The standard InChI is InChI=1S/C21H20N2O4/c1-13-5-7-22-19-4-3-15(10-18(13)19)21(25)23-8-6-16(12-23)27-17-9-14(2)26-20(24)11-17/h3-5,7,9-11,16H,6,8,12H2,1-2H3. The van der Waals surface area contributed by atoms with E-state index in [2.05, 4.69) is 4.98 Å². The van der Waals surface area contributed by atoms with Crippen molar-refractivity contribution in [3.63, 3.8) is 0 Å². The summed E-state index contributed by atoms with van der Waals surface area (Å²) in [6.07, 6.45) is 2.35. The van der Waals surface area contributed by atoms with E-state index in [1.807, 2.05) is 31.2 Å². The predicted molar refractivity (Wildman–Crippen MR) is 101 cm³/mol. The van der Waals surface area contributed by atoms with Crippen LogP contribution in [0.25, 0.3) is 10.9 Å². The molecule has 1 aromatic carbocycles. The Labute approximate surface area is 156 Å². The van der Waals surface area contributed by atoms with Gasteiger partial charge in [0.2, 0.25) is 0 Å². The molecule has 6 nitrogen and oxygen atoms in total. The molecule has 2 aromatic heterocycles. The van der Waals surface area contributed by atoms with Gasteiger partial charge in [0.05, 0.1) is 18.1 Å². The first-order valence-electron chi connectivity index (χ1n) is 8.93. The zero-order valence-corrected chi connectivity index (χ0v) is 15.3. The van der Waals surface area contributed by atoms with Crippen LogP contribution in [0.15, 0.2) is 51.8 Å². The highest BCUT2D eigenvalue weighted by molar-refractivity contribution is 5.98. The Balaban J connectivity index is 1.49. The third kappa shape index (κ3) is 3.56. The van der Waals surface area contributed by atoms with Crippen molar-refractivity contribution in [3.8, 4) is 5.75 Å². The molecule has 138 valence electrons. The fraction of sp³-hybridized carbons (Fsp3) is 0.286. The fourth-order valence-corrected chi connectivity index (χ4v) is 3.44. The molecule has 1 saturated heterocycles. The largest absolute Gasteiger partial charge is 0.488 e. The molecule has 0 saturated carbocycles. The molecular formula is C21H20N2O4. The van der Waals surface area contributed by atoms with Gasteiger partial charge in [-0.3, -0.25) is 9.78 Å². The number of rotatable bonds is 3. The SMILES string of the molecule is Cc1cc(OC2CCN(C(=O)c3ccc4nccc(C)c4c3)C2)cc(=O)o1. The molecule has 0 spiro atoms. The van der Waals surface area contributed by atoms with Gasteiger partial charge in [0.1, 0.15) is 17.6 Å². The molecule has 6 heteroatoms. The van der Waals surface area contributed by atoms with E-state index in [9.17, 15) is 9.59 Å². The minimum absolute atomic E-state index is 0.0185. The van der Waals surface area contributed by atoms with E-state index in [-0.39, 0.29) is 12.0 Å². The average Bonchev–Trinajstić information content (AvgIpc) is 3.09. The van der Waals surface area contributed by atoms with Gasteiger partial charge in [-0.25, -0.2) is 4.79 Å². The number of pyridine rings is 1. The van der Waals surface area contributed by atoms with Crippen LogP contribution >= 0.6 is 0 Å². The molecule has 1 aliphatic rings. The summed E-state index contributed by atoms with van der Waals surface area (Å²) in [6.45, 7) is 4.82. The molecule has 0 N–H and O–H groups in total. The lowest BCUT2D eigenvalue weighted by Crippen LogP contribution is -2.31. The molecule has 1 aliphatic heterocycles. The highest BCUT2D eigenvalue weighted by Gasteiger charge is 2.28. The van der Waals surface area contributed by atoms with E-state index >= 15 is 0 Å². The van der Waals surface area contributed by atoms with Gasteiger partial charge in [0.15, 0.2) is 0 Å². The fourth-order valence-electron chi connectivity index (χ4n) is 3.44. The Bertz CT molecular complexity index is 1070. The number of aryl methyl sites for hydroxylation is 2. The molecule has 0 radical (unpaired) electrons. The maximum atomic E-state index is 12.9. The van der Waals surface area contributed by atoms with E-state index in [0.29, 0.717) is 30.2 Å². The Morgan fingerprint density at radius 1 is 1.22 bits per heavy atom. The molecule has 27 heavy (non-hydrogen) atoms. The van der Waals surface area contributed by atoms with Gasteiger partial charge in [-0.2, -0.15) is 0 Å². The summed E-state index contributed by atoms with van der Waals surface area (Å²) < 4.78 is 10.8. The number of hydrogen-bond donors (Lipinski definition) is 0. The number of ether oxygens (including phenoxy) is 1. The van der Waals surface area contributed by atoms with Crippen LogP contribution in [-0.4, -0.2) is 35.0 Å². The van der Waals surface area contributed by atoms with Gasteiger partial charge in [-0.15, -0.1) is 0 Å². The quantitative estimate of drug-likeness (QED) is 0.714. The highest BCUT2D eigenvalue weighted by Crippen LogP contribution is 2.22. The second kappa shape index (κ2) is 6.87. The van der Waals surface area contributed by atoms with Crippen molar-refractivity contribution >= 4 is 16.8 Å². The molecule has 1 atom stereocenters. The van der Waals surface area contributed by atoms with Crippen molar-refractivity contribution in [1.29, 1.82) is 0 Å². The first-order valence-corrected chi connectivity index (χ1v) is 8.93. The Kier molecular flexibility index (Phi) is 4.39. The van der Waals surface area contributed by atoms with Crippen molar-refractivity contribution in [2.45, 2.75) is 26.4 Å². The summed E-state index contributed by atoms with van der Waals surface area (Å²) in [6, 6.07) is 10.6. The van der Waals surface area contributed by atoms with Crippen LogP contribution in [0.1, 0.15) is 28.1 Å². The maximum Gasteiger partial charge on any atom is 0.339 e. The van der Waals surface area contributed by atoms with Gasteiger partial charge < -0.3 is 14.1 Å². The predicted octanol–water partition coefficient (Wildman–Crippen LogP) is 3.10. The number of amides is 1. The van der Waals surface area contributed by atoms with Crippen molar-refractivity contribution in [2.24, 2.45) is 0 Å². The third-order valence-corrected chi connectivity index (χ3v) is 4.81. The zero-order valence-electron chi connectivity index (χ0n) is 15.3. The Morgan fingerprint density at radius 3 is 2.89 bits per heavy atom. The monoisotopic (exact) mass is 364 g/mol. The van der Waals surface area contributed by atoms with Crippen LogP contribution in [0.2, 0.25) is 0 Å². The van der Waals surface area contributed by atoms with E-state index in [1.54, 1.807) is 24.1 Å². The molecule has 4 rings (SSSR count). The first kappa shape index (κ1) is 17.3. The number of aromatic nitrogens is 1. The van der Waals surface area contributed by atoms with Crippen LogP contribution in [0, 0.1) is 13.8 Å². The van der Waals surface area contributed by atoms with Gasteiger partial charge in [-0.1, -0.05) is 0 Å². The number of fused-ring (bicyclic) bond motifs is 1. The lowest BCUT2D eigenvalue weighted by molar-refractivity contribution is 0.0772. The Hall–Kier alpha value is -3.15. The number of nitrogens with zero attached hydrogens (tertiary/aromatic N) is 2. The molecule has 0 aliphatic carbocycles. The lowest BCUT2D eigenvalue weighted by Gasteiger charge is -2.17.